The van der Waals surface area contributed by atoms with Crippen LogP contribution in [0.4, 0.5) is 5.69 Å². The van der Waals surface area contributed by atoms with Crippen LogP contribution in [-0.2, 0) is 4.79 Å². The summed E-state index contributed by atoms with van der Waals surface area (Å²) >= 11 is 0. The number of hydrogen-bond donors (Lipinski definition) is 3. The Morgan fingerprint density at radius 2 is 1.86 bits per heavy atom. The minimum absolute atomic E-state index is 0.0152. The fourth-order valence-corrected chi connectivity index (χ4v) is 2.75. The van der Waals surface area contributed by atoms with Crippen LogP contribution in [0.3, 0.4) is 0 Å². The molecule has 1 aromatic carbocycles. The van der Waals surface area contributed by atoms with Gasteiger partial charge in [0.05, 0.1) is 24.3 Å². The largest absolute Gasteiger partial charge is 0.349 e. The van der Waals surface area contributed by atoms with Gasteiger partial charge in [-0.25, -0.2) is 0 Å². The van der Waals surface area contributed by atoms with Crippen LogP contribution >= 0.6 is 0 Å². The lowest BCUT2D eigenvalue weighted by atomic mass is 10.1. The first-order valence-electron chi connectivity index (χ1n) is 7.75. The first-order chi connectivity index (χ1) is 10.2. The molecule has 21 heavy (non-hydrogen) atoms. The summed E-state index contributed by atoms with van der Waals surface area (Å²) in [7, 11) is 0. The molecule has 112 valence electrons. The molecule has 1 saturated carbocycles. The molecule has 5 nitrogen and oxygen atoms in total. The molecule has 2 amide bonds. The van der Waals surface area contributed by atoms with Crippen LogP contribution in [0.5, 0.6) is 0 Å². The number of nitrogens with one attached hydrogen (secondary N) is 3. The molecule has 0 atom stereocenters. The third kappa shape index (κ3) is 3.82. The van der Waals surface area contributed by atoms with Crippen molar-refractivity contribution in [1.82, 2.24) is 5.32 Å². The van der Waals surface area contributed by atoms with Gasteiger partial charge in [-0.05, 0) is 25.0 Å². The van der Waals surface area contributed by atoms with E-state index in [-0.39, 0.29) is 11.8 Å². The van der Waals surface area contributed by atoms with Gasteiger partial charge < -0.3 is 15.5 Å². The average Bonchev–Trinajstić information content (AvgIpc) is 3.13. The van der Waals surface area contributed by atoms with E-state index in [1.54, 1.807) is 12.1 Å². The fraction of sp³-hybridized carbons (Fsp3) is 0.500. The van der Waals surface area contributed by atoms with Crippen molar-refractivity contribution in [3.63, 3.8) is 0 Å². The van der Waals surface area contributed by atoms with E-state index in [2.05, 4.69) is 10.6 Å². The number of hydrogen-bond acceptors (Lipinski definition) is 2. The highest BCUT2D eigenvalue weighted by Crippen LogP contribution is 2.21. The number of carbonyl (C=O) groups is 2. The topological polar surface area (TPSA) is 62.6 Å². The molecule has 2 fully saturated rings. The van der Waals surface area contributed by atoms with Crippen LogP contribution in [0.25, 0.3) is 0 Å². The maximum atomic E-state index is 12.2. The van der Waals surface area contributed by atoms with Crippen molar-refractivity contribution >= 4 is 17.5 Å². The lowest BCUT2D eigenvalue weighted by molar-refractivity contribution is -0.878. The summed E-state index contributed by atoms with van der Waals surface area (Å²) in [5.74, 6) is -0.111. The van der Waals surface area contributed by atoms with E-state index in [9.17, 15) is 9.59 Å². The maximum absolute atomic E-state index is 12.2. The second-order valence-corrected chi connectivity index (χ2v) is 5.98. The van der Waals surface area contributed by atoms with E-state index in [0.29, 0.717) is 23.8 Å². The summed E-state index contributed by atoms with van der Waals surface area (Å²) in [6.07, 6.45) is 4.50. The smallest absolute Gasteiger partial charge is 0.279 e. The Labute approximate surface area is 124 Å². The molecule has 5 heteroatoms. The van der Waals surface area contributed by atoms with Crippen LogP contribution in [-0.4, -0.2) is 37.5 Å². The molecule has 0 bridgehead atoms. The number of benzene rings is 1. The SMILES string of the molecule is O=C(C[NH+]1CCCC1)Nc1ccccc1C(=O)NC1CC1. The summed E-state index contributed by atoms with van der Waals surface area (Å²) in [4.78, 5) is 25.6. The monoisotopic (exact) mass is 288 g/mol. The van der Waals surface area contributed by atoms with Crippen LogP contribution in [0.2, 0.25) is 0 Å². The first kappa shape index (κ1) is 14.1. The number of rotatable bonds is 5. The molecule has 3 rings (SSSR count). The standard InChI is InChI=1S/C16H21N3O2/c20-15(11-19-9-3-4-10-19)18-14-6-2-1-5-13(14)16(21)17-12-7-8-12/h1-2,5-6,12H,3-4,7-11H2,(H,17,21)(H,18,20)/p+1. The van der Waals surface area contributed by atoms with Crippen LogP contribution in [0, 0.1) is 0 Å². The van der Waals surface area contributed by atoms with Gasteiger partial charge in [0.2, 0.25) is 0 Å². The highest BCUT2D eigenvalue weighted by molar-refractivity contribution is 6.04. The van der Waals surface area contributed by atoms with Gasteiger partial charge in [-0.3, -0.25) is 9.59 Å². The number of carbonyl (C=O) groups excluding carboxylic acids is 2. The van der Waals surface area contributed by atoms with Crippen molar-refractivity contribution in [3.8, 4) is 0 Å². The highest BCUT2D eigenvalue weighted by atomic mass is 16.2. The van der Waals surface area contributed by atoms with Gasteiger partial charge in [-0.15, -0.1) is 0 Å². The highest BCUT2D eigenvalue weighted by Gasteiger charge is 2.25. The number of para-hydroxylation sites is 1. The fourth-order valence-electron chi connectivity index (χ4n) is 2.75. The Morgan fingerprint density at radius 3 is 2.57 bits per heavy atom. The Bertz CT molecular complexity index is 534. The zero-order valence-electron chi connectivity index (χ0n) is 12.2. The summed E-state index contributed by atoms with van der Waals surface area (Å²) < 4.78 is 0. The molecule has 1 saturated heterocycles. The van der Waals surface area contributed by atoms with Gasteiger partial charge >= 0.3 is 0 Å². The van der Waals surface area contributed by atoms with Crippen molar-refractivity contribution in [3.05, 3.63) is 29.8 Å². The molecule has 1 aliphatic carbocycles. The zero-order chi connectivity index (χ0) is 14.7. The van der Waals surface area contributed by atoms with E-state index < -0.39 is 0 Å². The Morgan fingerprint density at radius 1 is 1.14 bits per heavy atom. The van der Waals surface area contributed by atoms with E-state index in [0.717, 1.165) is 25.9 Å². The number of anilines is 1. The van der Waals surface area contributed by atoms with E-state index in [1.807, 2.05) is 12.1 Å². The second-order valence-electron chi connectivity index (χ2n) is 5.98. The normalized spacial score (nSPS) is 18.5. The maximum Gasteiger partial charge on any atom is 0.279 e. The molecule has 0 radical (unpaired) electrons. The average molecular weight is 288 g/mol. The molecular formula is C16H22N3O2+. The van der Waals surface area contributed by atoms with Crippen molar-refractivity contribution in [2.45, 2.75) is 31.7 Å². The molecule has 1 heterocycles. The van der Waals surface area contributed by atoms with Gasteiger partial charge in [0.25, 0.3) is 11.8 Å². The number of quaternary nitrogens is 1. The predicted octanol–water partition coefficient (Wildman–Crippen LogP) is 0.196. The van der Waals surface area contributed by atoms with Crippen LogP contribution in [0.1, 0.15) is 36.0 Å². The van der Waals surface area contributed by atoms with Gasteiger partial charge in [-0.2, -0.15) is 0 Å². The Kier molecular flexibility index (Phi) is 4.20. The van der Waals surface area contributed by atoms with E-state index in [1.165, 1.54) is 17.7 Å². The molecule has 1 aromatic rings. The predicted molar refractivity (Wildman–Crippen MR) is 80.4 cm³/mol. The Balaban J connectivity index is 1.63. The summed E-state index contributed by atoms with van der Waals surface area (Å²) in [6.45, 7) is 2.62. The third-order valence-corrected chi connectivity index (χ3v) is 4.08. The molecule has 0 unspecified atom stereocenters. The van der Waals surface area contributed by atoms with Crippen LogP contribution in [0.15, 0.2) is 24.3 Å². The summed E-state index contributed by atoms with van der Waals surface area (Å²) in [6, 6.07) is 7.53. The third-order valence-electron chi connectivity index (χ3n) is 4.08. The summed E-state index contributed by atoms with van der Waals surface area (Å²) in [5.41, 5.74) is 1.16. The molecule has 0 aromatic heterocycles. The zero-order valence-corrected chi connectivity index (χ0v) is 12.2. The number of likely N-dealkylation sites (tertiary alicyclic amines) is 1. The molecule has 0 spiro atoms. The molecular weight excluding hydrogens is 266 g/mol. The van der Waals surface area contributed by atoms with Crippen molar-refractivity contribution in [1.29, 1.82) is 0 Å². The molecule has 2 aliphatic rings. The molecule has 3 N–H and O–H groups in total. The molecule has 1 aliphatic heterocycles. The number of amides is 2. The quantitative estimate of drug-likeness (QED) is 0.724. The van der Waals surface area contributed by atoms with Crippen molar-refractivity contribution in [2.75, 3.05) is 25.0 Å². The lowest BCUT2D eigenvalue weighted by Gasteiger charge is -2.14. The second kappa shape index (κ2) is 6.26. The van der Waals surface area contributed by atoms with Gasteiger partial charge in [0.1, 0.15) is 0 Å². The lowest BCUT2D eigenvalue weighted by Crippen LogP contribution is -3.11. The van der Waals surface area contributed by atoms with E-state index in [4.69, 9.17) is 0 Å². The first-order valence-corrected chi connectivity index (χ1v) is 7.75. The van der Waals surface area contributed by atoms with Gasteiger partial charge in [0.15, 0.2) is 6.54 Å². The van der Waals surface area contributed by atoms with Crippen molar-refractivity contribution < 1.29 is 14.5 Å². The Hall–Kier alpha value is -1.88. The minimum Gasteiger partial charge on any atom is -0.349 e. The van der Waals surface area contributed by atoms with Gasteiger partial charge in [-0.1, -0.05) is 12.1 Å². The minimum atomic E-state index is -0.0954. The van der Waals surface area contributed by atoms with E-state index >= 15 is 0 Å². The summed E-state index contributed by atoms with van der Waals surface area (Å²) in [5, 5.41) is 5.85. The van der Waals surface area contributed by atoms with Gasteiger partial charge in [0, 0.05) is 18.9 Å². The van der Waals surface area contributed by atoms with Crippen LogP contribution < -0.4 is 15.5 Å². The van der Waals surface area contributed by atoms with Crippen molar-refractivity contribution in [2.24, 2.45) is 0 Å².